The summed E-state index contributed by atoms with van der Waals surface area (Å²) in [6, 6.07) is 0. The van der Waals surface area contributed by atoms with Crippen molar-refractivity contribution in [1.82, 2.24) is 9.88 Å². The Hall–Kier alpha value is -0.940. The van der Waals surface area contributed by atoms with E-state index < -0.39 is 5.97 Å². The molecule has 0 aromatic carbocycles. The highest BCUT2D eigenvalue weighted by molar-refractivity contribution is 7.09. The molecule has 1 aromatic heterocycles. The van der Waals surface area contributed by atoms with Crippen LogP contribution in [0.15, 0.2) is 5.51 Å². The van der Waals surface area contributed by atoms with Gasteiger partial charge in [-0.25, -0.2) is 4.98 Å². The first-order chi connectivity index (χ1) is 7.13. The fraction of sp³-hybridized carbons (Fsp3) is 0.600. The number of rotatable bonds is 1. The van der Waals surface area contributed by atoms with Crippen molar-refractivity contribution in [1.29, 1.82) is 0 Å². The number of fused-ring (bicyclic) bond motifs is 1. The normalized spacial score (nSPS) is 15.1. The van der Waals surface area contributed by atoms with Gasteiger partial charge in [0.25, 0.3) is 0 Å². The van der Waals surface area contributed by atoms with Gasteiger partial charge in [-0.3, -0.25) is 4.79 Å². The van der Waals surface area contributed by atoms with Gasteiger partial charge in [-0.05, 0) is 7.05 Å². The van der Waals surface area contributed by atoms with Crippen LogP contribution in [-0.2, 0) is 17.8 Å². The maximum atomic E-state index is 9.37. The molecule has 0 fully saturated rings. The number of carboxylic acid groups (broad SMARTS) is 1. The Bertz CT molecular complexity index is 325. The second-order valence-electron chi connectivity index (χ2n) is 3.46. The summed E-state index contributed by atoms with van der Waals surface area (Å²) in [5.41, 5.74) is 3.27. The molecule has 1 aliphatic rings. The third kappa shape index (κ3) is 3.97. The first kappa shape index (κ1) is 12.1. The molecule has 2 heterocycles. The van der Waals surface area contributed by atoms with E-state index in [-0.39, 0.29) is 6.42 Å². The summed E-state index contributed by atoms with van der Waals surface area (Å²) < 4.78 is 0. The molecular weight excluding hydrogens is 212 g/mol. The topological polar surface area (TPSA) is 53.4 Å². The van der Waals surface area contributed by atoms with Crippen molar-refractivity contribution in [3.8, 4) is 0 Å². The third-order valence-electron chi connectivity index (χ3n) is 2.17. The highest BCUT2D eigenvalue weighted by atomic mass is 32.1. The molecule has 1 aromatic rings. The predicted molar refractivity (Wildman–Crippen MR) is 60.1 cm³/mol. The van der Waals surface area contributed by atoms with Crippen molar-refractivity contribution in [3.63, 3.8) is 0 Å². The number of hydrogen-bond donors (Lipinski definition) is 1. The van der Waals surface area contributed by atoms with Crippen molar-refractivity contribution >= 4 is 17.3 Å². The minimum Gasteiger partial charge on any atom is -0.481 e. The molecule has 0 saturated carbocycles. The molecule has 0 aliphatic carbocycles. The van der Waals surface area contributed by atoms with Gasteiger partial charge in [0.2, 0.25) is 0 Å². The highest BCUT2D eigenvalue weighted by Gasteiger charge is 2.14. The molecule has 4 nitrogen and oxygen atoms in total. The van der Waals surface area contributed by atoms with E-state index in [1.165, 1.54) is 10.6 Å². The summed E-state index contributed by atoms with van der Waals surface area (Å²) in [5.74, 6) is -0.745. The largest absolute Gasteiger partial charge is 0.481 e. The predicted octanol–water partition coefficient (Wildman–Crippen LogP) is 1.61. The van der Waals surface area contributed by atoms with Gasteiger partial charge in [0.05, 0.1) is 11.2 Å². The van der Waals surface area contributed by atoms with Crippen molar-refractivity contribution < 1.29 is 9.90 Å². The summed E-state index contributed by atoms with van der Waals surface area (Å²) >= 11 is 1.78. The van der Waals surface area contributed by atoms with E-state index in [1.54, 1.807) is 18.3 Å². The van der Waals surface area contributed by atoms with E-state index >= 15 is 0 Å². The molecule has 15 heavy (non-hydrogen) atoms. The standard InChI is InChI=1S/C7H10N2S.C3H6O2/c1-9-3-2-6-7(4-9)10-5-8-6;1-2-3(4)5/h5H,2-4H2,1H3;2H2,1H3,(H,4,5). The lowest BCUT2D eigenvalue weighted by atomic mass is 10.2. The zero-order valence-electron chi connectivity index (χ0n) is 9.06. The molecule has 84 valence electrons. The molecule has 0 unspecified atom stereocenters. The van der Waals surface area contributed by atoms with E-state index in [1.807, 2.05) is 5.51 Å². The third-order valence-corrected chi connectivity index (χ3v) is 3.03. The molecule has 1 N–H and O–H groups in total. The van der Waals surface area contributed by atoms with Crippen LogP contribution < -0.4 is 0 Å². The molecule has 0 bridgehead atoms. The van der Waals surface area contributed by atoms with Crippen LogP contribution >= 0.6 is 11.3 Å². The molecule has 1 aliphatic heterocycles. The molecule has 5 heteroatoms. The van der Waals surface area contributed by atoms with E-state index in [2.05, 4.69) is 16.9 Å². The maximum absolute atomic E-state index is 9.37. The molecule has 0 saturated heterocycles. The SMILES string of the molecule is CCC(=O)O.CN1CCc2ncsc2C1. The van der Waals surface area contributed by atoms with Crippen LogP contribution in [0.4, 0.5) is 0 Å². The smallest absolute Gasteiger partial charge is 0.303 e. The molecule has 0 radical (unpaired) electrons. The Morgan fingerprint density at radius 1 is 1.73 bits per heavy atom. The summed E-state index contributed by atoms with van der Waals surface area (Å²) in [4.78, 5) is 17.4. The van der Waals surface area contributed by atoms with E-state index in [0.29, 0.717) is 0 Å². The molecule has 2 rings (SSSR count). The van der Waals surface area contributed by atoms with Gasteiger partial charge in [-0.2, -0.15) is 0 Å². The number of likely N-dealkylation sites (N-methyl/N-ethyl adjacent to an activating group) is 1. The minimum absolute atomic E-state index is 0.222. The first-order valence-corrected chi connectivity index (χ1v) is 5.83. The number of aliphatic carboxylic acids is 1. The molecule has 0 spiro atoms. The average molecular weight is 228 g/mol. The summed E-state index contributed by atoms with van der Waals surface area (Å²) in [7, 11) is 2.16. The van der Waals surface area contributed by atoms with Gasteiger partial charge in [-0.1, -0.05) is 6.92 Å². The Morgan fingerprint density at radius 3 is 3.00 bits per heavy atom. The highest BCUT2D eigenvalue weighted by Crippen LogP contribution is 2.19. The van der Waals surface area contributed by atoms with Gasteiger partial charge < -0.3 is 10.0 Å². The van der Waals surface area contributed by atoms with Gasteiger partial charge in [0, 0.05) is 30.8 Å². The number of thiazole rings is 1. The minimum atomic E-state index is -0.745. The van der Waals surface area contributed by atoms with Gasteiger partial charge in [-0.15, -0.1) is 11.3 Å². The Labute approximate surface area is 93.6 Å². The van der Waals surface area contributed by atoms with E-state index in [0.717, 1.165) is 19.5 Å². The second kappa shape index (κ2) is 5.82. The molecule has 0 atom stereocenters. The maximum Gasteiger partial charge on any atom is 0.303 e. The van der Waals surface area contributed by atoms with E-state index in [9.17, 15) is 4.79 Å². The monoisotopic (exact) mass is 228 g/mol. The van der Waals surface area contributed by atoms with Crippen molar-refractivity contribution in [2.75, 3.05) is 13.6 Å². The molecular formula is C10H16N2O2S. The number of nitrogens with zero attached hydrogens (tertiary/aromatic N) is 2. The van der Waals surface area contributed by atoms with Crippen LogP contribution in [0.1, 0.15) is 23.9 Å². The second-order valence-corrected chi connectivity index (χ2v) is 4.40. The number of carbonyl (C=O) groups is 1. The summed E-state index contributed by atoms with van der Waals surface area (Å²) in [6.45, 7) is 3.86. The van der Waals surface area contributed by atoms with Crippen LogP contribution in [0.25, 0.3) is 0 Å². The van der Waals surface area contributed by atoms with Gasteiger partial charge >= 0.3 is 5.97 Å². The lowest BCUT2D eigenvalue weighted by Crippen LogP contribution is -2.25. The zero-order chi connectivity index (χ0) is 11.3. The lowest BCUT2D eigenvalue weighted by molar-refractivity contribution is -0.136. The average Bonchev–Trinajstić information content (AvgIpc) is 2.65. The Balaban J connectivity index is 0.000000195. The molecule has 0 amide bonds. The first-order valence-electron chi connectivity index (χ1n) is 4.95. The van der Waals surface area contributed by atoms with Crippen molar-refractivity contribution in [2.45, 2.75) is 26.3 Å². The Morgan fingerprint density at radius 2 is 2.40 bits per heavy atom. The van der Waals surface area contributed by atoms with Crippen molar-refractivity contribution in [2.24, 2.45) is 0 Å². The quantitative estimate of drug-likeness (QED) is 0.793. The summed E-state index contributed by atoms with van der Waals surface area (Å²) in [6.07, 6.45) is 1.36. The van der Waals surface area contributed by atoms with E-state index in [4.69, 9.17) is 5.11 Å². The van der Waals surface area contributed by atoms with Crippen molar-refractivity contribution in [3.05, 3.63) is 16.1 Å². The number of carboxylic acids is 1. The number of hydrogen-bond acceptors (Lipinski definition) is 4. The van der Waals surface area contributed by atoms with Crippen LogP contribution in [0.3, 0.4) is 0 Å². The van der Waals surface area contributed by atoms with Crippen LogP contribution in [0, 0.1) is 0 Å². The fourth-order valence-electron chi connectivity index (χ4n) is 1.25. The van der Waals surface area contributed by atoms with Crippen LogP contribution in [-0.4, -0.2) is 34.6 Å². The van der Waals surface area contributed by atoms with Crippen LogP contribution in [0.5, 0.6) is 0 Å². The summed E-state index contributed by atoms with van der Waals surface area (Å²) in [5, 5.41) is 7.72. The van der Waals surface area contributed by atoms with Gasteiger partial charge in [0.1, 0.15) is 0 Å². The fourth-order valence-corrected chi connectivity index (χ4v) is 2.14. The lowest BCUT2D eigenvalue weighted by Gasteiger charge is -2.20. The van der Waals surface area contributed by atoms with Crippen LogP contribution in [0.2, 0.25) is 0 Å². The Kier molecular flexibility index (Phi) is 4.71. The number of aromatic nitrogens is 1. The zero-order valence-corrected chi connectivity index (χ0v) is 9.88. The van der Waals surface area contributed by atoms with Gasteiger partial charge in [0.15, 0.2) is 0 Å².